The highest BCUT2D eigenvalue weighted by atomic mass is 16.5. The molecule has 1 N–H and O–H groups in total. The van der Waals surface area contributed by atoms with E-state index in [1.807, 2.05) is 0 Å². The van der Waals surface area contributed by atoms with Gasteiger partial charge in [-0.15, -0.1) is 6.58 Å². The first kappa shape index (κ1) is 12.2. The first-order valence-corrected chi connectivity index (χ1v) is 3.99. The summed E-state index contributed by atoms with van der Waals surface area (Å²) in [5, 5.41) is 2.41. The highest BCUT2D eigenvalue weighted by Gasteiger charge is 2.15. The number of ether oxygens (including phenoxy) is 1. The predicted octanol–water partition coefficient (Wildman–Crippen LogP) is 0.574. The molecule has 0 saturated carbocycles. The van der Waals surface area contributed by atoms with Crippen LogP contribution in [-0.2, 0) is 14.3 Å². The fraction of sp³-hybridized carbons (Fsp3) is 0.200. The van der Waals surface area contributed by atoms with Crippen LogP contribution in [0.2, 0.25) is 0 Å². The van der Waals surface area contributed by atoms with Crippen molar-refractivity contribution in [3.8, 4) is 0 Å². The minimum absolute atomic E-state index is 0.0621. The third kappa shape index (κ3) is 4.25. The SMILES string of the molecule is C=CCNC(=O)C(=C)C(=O)OCC=C. The van der Waals surface area contributed by atoms with E-state index < -0.39 is 11.9 Å². The van der Waals surface area contributed by atoms with Gasteiger partial charge in [0.05, 0.1) is 0 Å². The van der Waals surface area contributed by atoms with Gasteiger partial charge in [0.15, 0.2) is 0 Å². The third-order valence-corrected chi connectivity index (χ3v) is 1.26. The number of amides is 1. The molecule has 1 amide bonds. The zero-order chi connectivity index (χ0) is 11.0. The van der Waals surface area contributed by atoms with Gasteiger partial charge in [0, 0.05) is 6.54 Å². The largest absolute Gasteiger partial charge is 0.458 e. The number of carbonyl (C=O) groups excluding carboxylic acids is 2. The maximum atomic E-state index is 11.1. The van der Waals surface area contributed by atoms with E-state index in [4.69, 9.17) is 0 Å². The maximum Gasteiger partial charge on any atom is 0.343 e. The van der Waals surface area contributed by atoms with Gasteiger partial charge >= 0.3 is 5.97 Å². The van der Waals surface area contributed by atoms with E-state index in [2.05, 4.69) is 29.8 Å². The molecule has 0 aliphatic heterocycles. The smallest absolute Gasteiger partial charge is 0.343 e. The van der Waals surface area contributed by atoms with Gasteiger partial charge in [0.1, 0.15) is 12.2 Å². The number of nitrogens with one attached hydrogen (secondary N) is 1. The second-order valence-electron chi connectivity index (χ2n) is 2.36. The van der Waals surface area contributed by atoms with E-state index in [9.17, 15) is 9.59 Å². The molecule has 0 saturated heterocycles. The van der Waals surface area contributed by atoms with E-state index in [1.54, 1.807) is 0 Å². The lowest BCUT2D eigenvalue weighted by Crippen LogP contribution is -2.28. The predicted molar refractivity (Wildman–Crippen MR) is 53.5 cm³/mol. The van der Waals surface area contributed by atoms with E-state index in [-0.39, 0.29) is 18.7 Å². The molecule has 0 rings (SSSR count). The summed E-state index contributed by atoms with van der Waals surface area (Å²) in [4.78, 5) is 22.2. The standard InChI is InChI=1S/C10H13NO3/c1-4-6-11-9(12)8(3)10(13)14-7-5-2/h4-5H,1-3,6-7H2,(H,11,12). The Morgan fingerprint density at radius 1 is 1.29 bits per heavy atom. The summed E-state index contributed by atoms with van der Waals surface area (Å²) in [6, 6.07) is 0. The summed E-state index contributed by atoms with van der Waals surface area (Å²) in [7, 11) is 0. The minimum Gasteiger partial charge on any atom is -0.458 e. The van der Waals surface area contributed by atoms with Gasteiger partial charge in [0.25, 0.3) is 5.91 Å². The quantitative estimate of drug-likeness (QED) is 0.222. The highest BCUT2D eigenvalue weighted by molar-refractivity contribution is 6.15. The van der Waals surface area contributed by atoms with Crippen molar-refractivity contribution in [2.45, 2.75) is 0 Å². The van der Waals surface area contributed by atoms with Gasteiger partial charge in [-0.1, -0.05) is 25.3 Å². The summed E-state index contributed by atoms with van der Waals surface area (Å²) in [5.74, 6) is -1.30. The highest BCUT2D eigenvalue weighted by Crippen LogP contribution is 1.94. The average Bonchev–Trinajstić information content (AvgIpc) is 2.21. The van der Waals surface area contributed by atoms with Crippen molar-refractivity contribution in [2.75, 3.05) is 13.2 Å². The van der Waals surface area contributed by atoms with Gasteiger partial charge in [0.2, 0.25) is 0 Å². The van der Waals surface area contributed by atoms with Gasteiger partial charge in [-0.3, -0.25) is 4.79 Å². The molecule has 0 bridgehead atoms. The molecule has 0 heterocycles. The molecule has 14 heavy (non-hydrogen) atoms. The fourth-order valence-corrected chi connectivity index (χ4v) is 0.586. The Labute approximate surface area is 82.9 Å². The fourth-order valence-electron chi connectivity index (χ4n) is 0.586. The van der Waals surface area contributed by atoms with Crippen molar-refractivity contribution < 1.29 is 14.3 Å². The van der Waals surface area contributed by atoms with Crippen LogP contribution in [0.1, 0.15) is 0 Å². The first-order valence-electron chi connectivity index (χ1n) is 3.99. The molecule has 4 heteroatoms. The molecule has 0 aliphatic rings. The first-order chi connectivity index (χ1) is 6.63. The Balaban J connectivity index is 4.03. The molecule has 0 atom stereocenters. The van der Waals surface area contributed by atoms with Crippen LogP contribution < -0.4 is 5.32 Å². The van der Waals surface area contributed by atoms with Crippen LogP contribution >= 0.6 is 0 Å². The monoisotopic (exact) mass is 195 g/mol. The normalized spacial score (nSPS) is 8.57. The van der Waals surface area contributed by atoms with Gasteiger partial charge in [-0.05, 0) is 0 Å². The summed E-state index contributed by atoms with van der Waals surface area (Å²) in [5.41, 5.74) is -0.228. The van der Waals surface area contributed by atoms with Crippen LogP contribution in [0, 0.1) is 0 Å². The Kier molecular flexibility index (Phi) is 5.78. The summed E-state index contributed by atoms with van der Waals surface area (Å²) in [6.07, 6.45) is 2.91. The Morgan fingerprint density at radius 3 is 2.43 bits per heavy atom. The maximum absolute atomic E-state index is 11.1. The van der Waals surface area contributed by atoms with Crippen LogP contribution in [-0.4, -0.2) is 25.0 Å². The Bertz CT molecular complexity index is 243. The molecule has 0 fully saturated rings. The van der Waals surface area contributed by atoms with Crippen LogP contribution in [0.5, 0.6) is 0 Å². The van der Waals surface area contributed by atoms with Crippen molar-refractivity contribution in [3.05, 3.63) is 37.5 Å². The molecule has 0 aromatic carbocycles. The summed E-state index contributed by atoms with van der Waals surface area (Å²) >= 11 is 0. The van der Waals surface area contributed by atoms with Gasteiger partial charge in [-0.2, -0.15) is 0 Å². The van der Waals surface area contributed by atoms with E-state index in [1.165, 1.54) is 12.2 Å². The molecule has 0 spiro atoms. The van der Waals surface area contributed by atoms with E-state index in [0.717, 1.165) is 0 Å². The molecule has 0 aliphatic carbocycles. The number of hydrogen-bond acceptors (Lipinski definition) is 3. The van der Waals surface area contributed by atoms with Gasteiger partial charge in [-0.25, -0.2) is 4.79 Å². The molecular weight excluding hydrogens is 182 g/mol. The van der Waals surface area contributed by atoms with Crippen LogP contribution in [0.25, 0.3) is 0 Å². The Morgan fingerprint density at radius 2 is 1.93 bits per heavy atom. The zero-order valence-electron chi connectivity index (χ0n) is 7.91. The number of rotatable bonds is 6. The van der Waals surface area contributed by atoms with Crippen molar-refractivity contribution in [3.63, 3.8) is 0 Å². The number of esters is 1. The lowest BCUT2D eigenvalue weighted by atomic mass is 10.3. The minimum atomic E-state index is -0.744. The lowest BCUT2D eigenvalue weighted by Gasteiger charge is -2.04. The van der Waals surface area contributed by atoms with E-state index in [0.29, 0.717) is 0 Å². The molecular formula is C10H13NO3. The van der Waals surface area contributed by atoms with Crippen molar-refractivity contribution >= 4 is 11.9 Å². The molecule has 0 aromatic rings. The summed E-state index contributed by atoms with van der Waals surface area (Å²) in [6.45, 7) is 10.4. The average molecular weight is 195 g/mol. The topological polar surface area (TPSA) is 55.4 Å². The lowest BCUT2D eigenvalue weighted by molar-refractivity contribution is -0.139. The molecule has 0 unspecified atom stereocenters. The molecule has 0 radical (unpaired) electrons. The molecule has 76 valence electrons. The third-order valence-electron chi connectivity index (χ3n) is 1.26. The second-order valence-corrected chi connectivity index (χ2v) is 2.36. The Hall–Kier alpha value is -1.84. The van der Waals surface area contributed by atoms with Crippen LogP contribution in [0.15, 0.2) is 37.5 Å². The van der Waals surface area contributed by atoms with Crippen molar-refractivity contribution in [2.24, 2.45) is 0 Å². The summed E-state index contributed by atoms with van der Waals surface area (Å²) < 4.78 is 4.61. The van der Waals surface area contributed by atoms with Crippen molar-refractivity contribution in [1.29, 1.82) is 0 Å². The number of carbonyl (C=O) groups is 2. The van der Waals surface area contributed by atoms with Crippen LogP contribution in [0.3, 0.4) is 0 Å². The van der Waals surface area contributed by atoms with Gasteiger partial charge < -0.3 is 10.1 Å². The molecule has 4 nitrogen and oxygen atoms in total. The molecule has 0 aromatic heterocycles. The van der Waals surface area contributed by atoms with Crippen molar-refractivity contribution in [1.82, 2.24) is 5.32 Å². The zero-order valence-corrected chi connectivity index (χ0v) is 7.91. The van der Waals surface area contributed by atoms with E-state index >= 15 is 0 Å². The second kappa shape index (κ2) is 6.65. The van der Waals surface area contributed by atoms with Crippen LogP contribution in [0.4, 0.5) is 0 Å². The number of hydrogen-bond donors (Lipinski definition) is 1.